The first kappa shape index (κ1) is 17.4. The Hall–Kier alpha value is -4.00. The summed E-state index contributed by atoms with van der Waals surface area (Å²) < 4.78 is 12.5. The number of para-hydroxylation sites is 1. The highest BCUT2D eigenvalue weighted by molar-refractivity contribution is 5.75. The summed E-state index contributed by atoms with van der Waals surface area (Å²) in [5, 5.41) is 11.0. The lowest BCUT2D eigenvalue weighted by Crippen LogP contribution is -2.18. The van der Waals surface area contributed by atoms with Crippen LogP contribution >= 0.6 is 0 Å². The van der Waals surface area contributed by atoms with E-state index < -0.39 is 5.97 Å². The minimum Gasteiger partial charge on any atom is -0.481 e. The van der Waals surface area contributed by atoms with Gasteiger partial charge in [-0.1, -0.05) is 48.5 Å². The number of ether oxygens (including phenoxy) is 2. The van der Waals surface area contributed by atoms with E-state index in [0.717, 1.165) is 16.8 Å². The van der Waals surface area contributed by atoms with Gasteiger partial charge in [0.25, 0.3) is 0 Å². The summed E-state index contributed by atoms with van der Waals surface area (Å²) in [7, 11) is 0. The Labute approximate surface area is 161 Å². The van der Waals surface area contributed by atoms with Gasteiger partial charge in [0, 0.05) is 5.56 Å². The molecule has 4 aromatic rings. The summed E-state index contributed by atoms with van der Waals surface area (Å²) in [5.41, 5.74) is 2.70. The van der Waals surface area contributed by atoms with Gasteiger partial charge in [-0.2, -0.15) is 0 Å². The Balaban J connectivity index is 1.39. The zero-order valence-corrected chi connectivity index (χ0v) is 14.8. The molecule has 0 fully saturated rings. The van der Waals surface area contributed by atoms with E-state index >= 15 is 0 Å². The molecule has 0 saturated carbocycles. The van der Waals surface area contributed by atoms with Gasteiger partial charge < -0.3 is 9.47 Å². The minimum atomic E-state index is -0.488. The van der Waals surface area contributed by atoms with Crippen molar-refractivity contribution in [1.82, 2.24) is 20.2 Å². The van der Waals surface area contributed by atoms with Crippen molar-refractivity contribution in [3.63, 3.8) is 0 Å². The minimum absolute atomic E-state index is 0.196. The summed E-state index contributed by atoms with van der Waals surface area (Å²) in [6.07, 6.45) is 1.49. The van der Waals surface area contributed by atoms with Crippen molar-refractivity contribution >= 4 is 5.97 Å². The molecule has 3 aromatic carbocycles. The van der Waals surface area contributed by atoms with E-state index in [-0.39, 0.29) is 6.61 Å². The summed E-state index contributed by atoms with van der Waals surface area (Å²) >= 11 is 0. The Morgan fingerprint density at radius 2 is 1.64 bits per heavy atom. The Morgan fingerprint density at radius 1 is 0.893 bits per heavy atom. The standard InChI is InChI=1S/C21H16N4O3/c26-21(28-18-12-10-17(11-13-18)25-15-22-23-24-25)14-27-20-9-5-4-8-19(20)16-6-2-1-3-7-16/h1-13,15H,14H2. The van der Waals surface area contributed by atoms with Gasteiger partial charge >= 0.3 is 5.97 Å². The van der Waals surface area contributed by atoms with Crippen LogP contribution in [0, 0.1) is 0 Å². The average Bonchev–Trinajstić information content (AvgIpc) is 3.29. The van der Waals surface area contributed by atoms with Crippen LogP contribution in [0.5, 0.6) is 11.5 Å². The molecule has 0 unspecified atom stereocenters. The van der Waals surface area contributed by atoms with Gasteiger partial charge in [-0.05, 0) is 46.3 Å². The van der Waals surface area contributed by atoms with Crippen LogP contribution in [0.3, 0.4) is 0 Å². The van der Waals surface area contributed by atoms with Crippen molar-refractivity contribution < 1.29 is 14.3 Å². The SMILES string of the molecule is O=C(COc1ccccc1-c1ccccc1)Oc1ccc(-n2cnnn2)cc1. The van der Waals surface area contributed by atoms with Crippen molar-refractivity contribution in [2.45, 2.75) is 0 Å². The number of tetrazole rings is 1. The predicted molar refractivity (Wildman–Crippen MR) is 102 cm³/mol. The summed E-state index contributed by atoms with van der Waals surface area (Å²) in [5.74, 6) is 0.555. The molecule has 138 valence electrons. The summed E-state index contributed by atoms with van der Waals surface area (Å²) in [6.45, 7) is -0.196. The third-order valence-corrected chi connectivity index (χ3v) is 4.00. The number of rotatable bonds is 6. The van der Waals surface area contributed by atoms with E-state index in [0.29, 0.717) is 11.5 Å². The fourth-order valence-corrected chi connectivity index (χ4v) is 2.69. The van der Waals surface area contributed by atoms with Crippen LogP contribution in [0.15, 0.2) is 85.2 Å². The molecule has 0 atom stereocenters. The van der Waals surface area contributed by atoms with Gasteiger partial charge in [-0.15, -0.1) is 5.10 Å². The van der Waals surface area contributed by atoms with Crippen LogP contribution in [0.2, 0.25) is 0 Å². The molecule has 0 aliphatic carbocycles. The number of carbonyl (C=O) groups is 1. The fourth-order valence-electron chi connectivity index (χ4n) is 2.69. The van der Waals surface area contributed by atoms with Crippen molar-refractivity contribution in [2.75, 3.05) is 6.61 Å². The van der Waals surface area contributed by atoms with Crippen molar-refractivity contribution in [2.24, 2.45) is 0 Å². The van der Waals surface area contributed by atoms with E-state index in [1.54, 1.807) is 24.3 Å². The average molecular weight is 372 g/mol. The van der Waals surface area contributed by atoms with Crippen LogP contribution in [0.25, 0.3) is 16.8 Å². The highest BCUT2D eigenvalue weighted by Crippen LogP contribution is 2.29. The van der Waals surface area contributed by atoms with Crippen LogP contribution in [0.1, 0.15) is 0 Å². The molecule has 1 aromatic heterocycles. The molecule has 7 nitrogen and oxygen atoms in total. The van der Waals surface area contributed by atoms with Gasteiger partial charge in [-0.25, -0.2) is 9.48 Å². The maximum atomic E-state index is 12.2. The molecule has 28 heavy (non-hydrogen) atoms. The molecular formula is C21H16N4O3. The monoisotopic (exact) mass is 372 g/mol. The first-order valence-corrected chi connectivity index (χ1v) is 8.61. The summed E-state index contributed by atoms with van der Waals surface area (Å²) in [6, 6.07) is 24.3. The maximum Gasteiger partial charge on any atom is 0.349 e. The number of benzene rings is 3. The van der Waals surface area contributed by atoms with Gasteiger partial charge in [0.1, 0.15) is 17.8 Å². The van der Waals surface area contributed by atoms with Crippen molar-refractivity contribution in [3.05, 3.63) is 85.2 Å². The topological polar surface area (TPSA) is 79.1 Å². The third-order valence-electron chi connectivity index (χ3n) is 4.00. The van der Waals surface area contributed by atoms with Gasteiger partial charge in [-0.3, -0.25) is 0 Å². The van der Waals surface area contributed by atoms with Crippen LogP contribution < -0.4 is 9.47 Å². The number of hydrogen-bond donors (Lipinski definition) is 0. The zero-order chi connectivity index (χ0) is 19.2. The lowest BCUT2D eigenvalue weighted by molar-refractivity contribution is -0.136. The molecular weight excluding hydrogens is 356 g/mol. The second-order valence-corrected chi connectivity index (χ2v) is 5.87. The van der Waals surface area contributed by atoms with E-state index in [2.05, 4.69) is 15.5 Å². The molecule has 0 aliphatic heterocycles. The first-order chi connectivity index (χ1) is 13.8. The van der Waals surface area contributed by atoms with E-state index in [1.165, 1.54) is 11.0 Å². The van der Waals surface area contributed by atoms with Gasteiger partial charge in [0.05, 0.1) is 5.69 Å². The molecule has 1 heterocycles. The highest BCUT2D eigenvalue weighted by atomic mass is 16.6. The van der Waals surface area contributed by atoms with E-state index in [1.807, 2.05) is 54.6 Å². The smallest absolute Gasteiger partial charge is 0.349 e. The molecule has 0 N–H and O–H groups in total. The van der Waals surface area contributed by atoms with Crippen LogP contribution in [-0.2, 0) is 4.79 Å². The molecule has 0 bridgehead atoms. The van der Waals surface area contributed by atoms with Gasteiger partial charge in [0.2, 0.25) is 0 Å². The normalized spacial score (nSPS) is 10.4. The second kappa shape index (κ2) is 8.13. The maximum absolute atomic E-state index is 12.2. The first-order valence-electron chi connectivity index (χ1n) is 8.61. The molecule has 0 aliphatic rings. The highest BCUT2D eigenvalue weighted by Gasteiger charge is 2.10. The lowest BCUT2D eigenvalue weighted by Gasteiger charge is -2.11. The quantitative estimate of drug-likeness (QED) is 0.382. The molecule has 0 radical (unpaired) electrons. The molecule has 0 amide bonds. The molecule has 0 saturated heterocycles. The van der Waals surface area contributed by atoms with Gasteiger partial charge in [0.15, 0.2) is 6.61 Å². The Kier molecular flexibility index (Phi) is 5.06. The van der Waals surface area contributed by atoms with Crippen LogP contribution in [0.4, 0.5) is 0 Å². The third kappa shape index (κ3) is 4.04. The molecule has 4 rings (SSSR count). The number of esters is 1. The Morgan fingerprint density at radius 3 is 2.39 bits per heavy atom. The molecule has 0 spiro atoms. The number of hydrogen-bond acceptors (Lipinski definition) is 6. The zero-order valence-electron chi connectivity index (χ0n) is 14.8. The number of nitrogens with zero attached hydrogens (tertiary/aromatic N) is 4. The van der Waals surface area contributed by atoms with E-state index in [4.69, 9.17) is 9.47 Å². The predicted octanol–water partition coefficient (Wildman–Crippen LogP) is 3.31. The van der Waals surface area contributed by atoms with Crippen molar-refractivity contribution in [3.8, 4) is 28.3 Å². The summed E-state index contributed by atoms with van der Waals surface area (Å²) in [4.78, 5) is 12.2. The number of carbonyl (C=O) groups excluding carboxylic acids is 1. The largest absolute Gasteiger partial charge is 0.481 e. The lowest BCUT2D eigenvalue weighted by atomic mass is 10.1. The second-order valence-electron chi connectivity index (χ2n) is 5.87. The van der Waals surface area contributed by atoms with Crippen molar-refractivity contribution in [1.29, 1.82) is 0 Å². The van der Waals surface area contributed by atoms with Crippen LogP contribution in [-0.4, -0.2) is 32.8 Å². The number of aromatic nitrogens is 4. The Bertz CT molecular complexity index is 1050. The fraction of sp³-hybridized carbons (Fsp3) is 0.0476. The molecule has 7 heteroatoms. The van der Waals surface area contributed by atoms with E-state index in [9.17, 15) is 4.79 Å².